The van der Waals surface area contributed by atoms with Gasteiger partial charge < -0.3 is 10.6 Å². The number of nitrogens with zero attached hydrogens (tertiary/aromatic N) is 1. The van der Waals surface area contributed by atoms with Crippen LogP contribution < -0.4 is 14.9 Å². The van der Waals surface area contributed by atoms with Gasteiger partial charge in [0.2, 0.25) is 15.9 Å². The lowest BCUT2D eigenvalue weighted by atomic mass is 9.85. The predicted octanol–water partition coefficient (Wildman–Crippen LogP) is 2.82. The molecule has 4 rings (SSSR count). The van der Waals surface area contributed by atoms with E-state index in [4.69, 9.17) is 0 Å². The number of carbonyl (C=O) groups is 1. The zero-order chi connectivity index (χ0) is 18.3. The molecule has 6 nitrogen and oxygen atoms in total. The molecule has 1 amide bonds. The molecule has 1 aromatic carbocycles. The van der Waals surface area contributed by atoms with E-state index in [-0.39, 0.29) is 30.1 Å². The zero-order valence-electron chi connectivity index (χ0n) is 15.6. The molecule has 0 radical (unpaired) electrons. The van der Waals surface area contributed by atoms with E-state index in [1.165, 1.54) is 23.6 Å². The molecule has 0 aromatic heterocycles. The molecule has 3 aliphatic rings. The van der Waals surface area contributed by atoms with Crippen LogP contribution in [0.15, 0.2) is 18.2 Å². The largest absolute Gasteiger partial charge is 0.325 e. The first-order valence-corrected chi connectivity index (χ1v) is 11.2. The molecule has 0 spiro atoms. The highest BCUT2D eigenvalue weighted by molar-refractivity contribution is 7.93. The third-order valence-electron chi connectivity index (χ3n) is 6.02. The summed E-state index contributed by atoms with van der Waals surface area (Å²) in [5.41, 5.74) is 2.24. The summed E-state index contributed by atoms with van der Waals surface area (Å²) < 4.78 is 25.9. The van der Waals surface area contributed by atoms with Crippen LogP contribution >= 0.6 is 12.4 Å². The molecule has 0 bridgehead atoms. The van der Waals surface area contributed by atoms with E-state index >= 15 is 0 Å². The van der Waals surface area contributed by atoms with Crippen molar-refractivity contribution in [1.82, 2.24) is 5.32 Å². The van der Waals surface area contributed by atoms with Crippen LogP contribution in [0.5, 0.6) is 0 Å². The first-order chi connectivity index (χ1) is 12.4. The maximum absolute atomic E-state index is 12.7. The van der Waals surface area contributed by atoms with E-state index in [2.05, 4.69) is 10.6 Å². The number of sulfonamides is 1. The standard InChI is InChI=1S/C19H27N3O3S.ClH/c1-13-7-8-15(12-18(13)22-9-4-10-26(22,24)25)20-19(23)17-11-14-5-2-3-6-16(14)21-17;/h7-8,12,14,16-17,21H,2-6,9-11H2,1H3,(H,20,23);1H. The van der Waals surface area contributed by atoms with E-state index in [1.54, 1.807) is 6.07 Å². The molecule has 2 heterocycles. The Bertz CT molecular complexity index is 800. The number of hydrogen-bond acceptors (Lipinski definition) is 4. The third-order valence-corrected chi connectivity index (χ3v) is 7.88. The van der Waals surface area contributed by atoms with Crippen LogP contribution in [0.25, 0.3) is 0 Å². The minimum absolute atomic E-state index is 0. The number of anilines is 2. The number of fused-ring (bicyclic) bond motifs is 1. The fraction of sp³-hybridized carbons (Fsp3) is 0.632. The summed E-state index contributed by atoms with van der Waals surface area (Å²) in [5, 5.41) is 6.48. The van der Waals surface area contributed by atoms with Crippen LogP contribution in [0.1, 0.15) is 44.1 Å². The van der Waals surface area contributed by atoms with E-state index < -0.39 is 10.0 Å². The number of hydrogen-bond donors (Lipinski definition) is 2. The van der Waals surface area contributed by atoms with Crippen molar-refractivity contribution in [3.63, 3.8) is 0 Å². The Morgan fingerprint density at radius 3 is 2.70 bits per heavy atom. The predicted molar refractivity (Wildman–Crippen MR) is 110 cm³/mol. The molecule has 1 aliphatic carbocycles. The van der Waals surface area contributed by atoms with Crippen LogP contribution in [-0.2, 0) is 14.8 Å². The second kappa shape index (κ2) is 7.97. The minimum Gasteiger partial charge on any atom is -0.325 e. The molecule has 8 heteroatoms. The molecule has 2 aliphatic heterocycles. The second-order valence-corrected chi connectivity index (χ2v) is 9.85. The molecule has 3 atom stereocenters. The normalized spacial score (nSPS) is 29.1. The maximum Gasteiger partial charge on any atom is 0.241 e. The number of nitrogens with one attached hydrogen (secondary N) is 2. The molecular weight excluding hydrogens is 386 g/mol. The zero-order valence-corrected chi connectivity index (χ0v) is 17.2. The van der Waals surface area contributed by atoms with Crippen molar-refractivity contribution < 1.29 is 13.2 Å². The van der Waals surface area contributed by atoms with Crippen molar-refractivity contribution in [2.75, 3.05) is 21.9 Å². The minimum atomic E-state index is -3.23. The molecule has 1 aromatic rings. The highest BCUT2D eigenvalue weighted by Gasteiger charge is 2.38. The van der Waals surface area contributed by atoms with Gasteiger partial charge >= 0.3 is 0 Å². The fourth-order valence-corrected chi connectivity index (χ4v) is 6.23. The van der Waals surface area contributed by atoms with Gasteiger partial charge in [-0.05, 0) is 56.2 Å². The van der Waals surface area contributed by atoms with Crippen LogP contribution in [0.4, 0.5) is 11.4 Å². The lowest BCUT2D eigenvalue weighted by Gasteiger charge is -2.24. The topological polar surface area (TPSA) is 78.5 Å². The Kier molecular flexibility index (Phi) is 6.03. The third kappa shape index (κ3) is 4.10. The van der Waals surface area contributed by atoms with Crippen molar-refractivity contribution >= 4 is 39.7 Å². The molecule has 3 fully saturated rings. The summed E-state index contributed by atoms with van der Waals surface area (Å²) in [4.78, 5) is 12.7. The van der Waals surface area contributed by atoms with Crippen LogP contribution in [0, 0.1) is 12.8 Å². The van der Waals surface area contributed by atoms with Crippen molar-refractivity contribution in [1.29, 1.82) is 0 Å². The lowest BCUT2D eigenvalue weighted by molar-refractivity contribution is -0.117. The number of carbonyl (C=O) groups excluding carboxylic acids is 1. The van der Waals surface area contributed by atoms with Crippen LogP contribution in [-0.4, -0.2) is 38.7 Å². The Morgan fingerprint density at radius 1 is 1.22 bits per heavy atom. The van der Waals surface area contributed by atoms with Gasteiger partial charge in [-0.1, -0.05) is 18.9 Å². The molecule has 27 heavy (non-hydrogen) atoms. The molecule has 150 valence electrons. The van der Waals surface area contributed by atoms with Gasteiger partial charge in [0, 0.05) is 18.3 Å². The van der Waals surface area contributed by atoms with Gasteiger partial charge in [-0.3, -0.25) is 9.10 Å². The van der Waals surface area contributed by atoms with E-state index in [0.717, 1.165) is 18.4 Å². The monoisotopic (exact) mass is 413 g/mol. The molecule has 1 saturated carbocycles. The number of aryl methyl sites for hydroxylation is 1. The fourth-order valence-electron chi connectivity index (χ4n) is 4.62. The quantitative estimate of drug-likeness (QED) is 0.798. The first-order valence-electron chi connectivity index (χ1n) is 9.62. The number of amides is 1. The van der Waals surface area contributed by atoms with Crippen molar-refractivity contribution in [3.8, 4) is 0 Å². The molecule has 2 saturated heterocycles. The van der Waals surface area contributed by atoms with Crippen LogP contribution in [0.3, 0.4) is 0 Å². The highest BCUT2D eigenvalue weighted by Crippen LogP contribution is 2.34. The molecular formula is C19H28ClN3O3S. The summed E-state index contributed by atoms with van der Waals surface area (Å²) in [7, 11) is -3.23. The van der Waals surface area contributed by atoms with Gasteiger partial charge in [0.15, 0.2) is 0 Å². The highest BCUT2D eigenvalue weighted by atomic mass is 35.5. The van der Waals surface area contributed by atoms with Crippen molar-refractivity contribution in [2.24, 2.45) is 5.92 Å². The Labute approximate surface area is 167 Å². The van der Waals surface area contributed by atoms with E-state index in [1.807, 2.05) is 19.1 Å². The van der Waals surface area contributed by atoms with Crippen molar-refractivity contribution in [3.05, 3.63) is 23.8 Å². The van der Waals surface area contributed by atoms with Gasteiger partial charge in [-0.25, -0.2) is 8.42 Å². The summed E-state index contributed by atoms with van der Waals surface area (Å²) in [6.07, 6.45) is 6.43. The average molecular weight is 414 g/mol. The van der Waals surface area contributed by atoms with E-state index in [9.17, 15) is 13.2 Å². The molecule has 2 N–H and O–H groups in total. The Balaban J connectivity index is 0.00000210. The Morgan fingerprint density at radius 2 is 2.00 bits per heavy atom. The van der Waals surface area contributed by atoms with Gasteiger partial charge in [0.05, 0.1) is 17.5 Å². The van der Waals surface area contributed by atoms with Gasteiger partial charge in [0.1, 0.15) is 0 Å². The number of rotatable bonds is 3. The van der Waals surface area contributed by atoms with Crippen molar-refractivity contribution in [2.45, 2.75) is 57.5 Å². The summed E-state index contributed by atoms with van der Waals surface area (Å²) >= 11 is 0. The lowest BCUT2D eigenvalue weighted by Crippen LogP contribution is -2.39. The van der Waals surface area contributed by atoms with Gasteiger partial charge in [0.25, 0.3) is 0 Å². The van der Waals surface area contributed by atoms with Gasteiger partial charge in [-0.15, -0.1) is 12.4 Å². The van der Waals surface area contributed by atoms with E-state index in [0.29, 0.717) is 36.3 Å². The second-order valence-electron chi connectivity index (χ2n) is 7.84. The summed E-state index contributed by atoms with van der Waals surface area (Å²) in [5.74, 6) is 0.791. The summed E-state index contributed by atoms with van der Waals surface area (Å²) in [6, 6.07) is 5.84. The summed E-state index contributed by atoms with van der Waals surface area (Å²) in [6.45, 7) is 2.41. The molecule has 3 unspecified atom stereocenters. The van der Waals surface area contributed by atoms with Gasteiger partial charge in [-0.2, -0.15) is 0 Å². The average Bonchev–Trinajstić information content (AvgIpc) is 3.19. The smallest absolute Gasteiger partial charge is 0.241 e. The first kappa shape index (κ1) is 20.4. The number of benzene rings is 1. The maximum atomic E-state index is 12.7. The number of halogens is 1. The van der Waals surface area contributed by atoms with Crippen LogP contribution in [0.2, 0.25) is 0 Å². The SMILES string of the molecule is Cc1ccc(NC(=O)C2CC3CCCCC3N2)cc1N1CCCS1(=O)=O.Cl. The Hall–Kier alpha value is -1.31.